The van der Waals surface area contributed by atoms with E-state index in [1.54, 1.807) is 6.92 Å². The molecule has 2 aromatic rings. The summed E-state index contributed by atoms with van der Waals surface area (Å²) in [6.45, 7) is 5.39. The molecule has 1 amide bonds. The molecule has 0 radical (unpaired) electrons. The molecule has 0 unspecified atom stereocenters. The third-order valence-electron chi connectivity index (χ3n) is 6.15. The van der Waals surface area contributed by atoms with Crippen LogP contribution in [0.1, 0.15) is 55.5 Å². The summed E-state index contributed by atoms with van der Waals surface area (Å²) in [5.41, 5.74) is 0.713. The van der Waals surface area contributed by atoms with Gasteiger partial charge in [-0.15, -0.1) is 0 Å². The highest BCUT2D eigenvalue weighted by molar-refractivity contribution is 5.76. The van der Waals surface area contributed by atoms with Crippen molar-refractivity contribution < 1.29 is 47.0 Å². The summed E-state index contributed by atoms with van der Waals surface area (Å²) in [7, 11) is 0. The number of carbonyl (C=O) groups is 2. The number of ether oxygens (including phenoxy) is 2. The Morgan fingerprint density at radius 2 is 1.79 bits per heavy atom. The monoisotopic (exact) mass is 558 g/mol. The average Bonchev–Trinajstić information content (AvgIpc) is 3.57. The number of aromatic nitrogens is 2. The first-order valence-corrected chi connectivity index (χ1v) is 12.7. The molecular formula is C25H33F3N4O7. The van der Waals surface area contributed by atoms with Gasteiger partial charge in [-0.25, -0.2) is 4.79 Å². The van der Waals surface area contributed by atoms with E-state index in [0.29, 0.717) is 67.8 Å². The number of aryl methyl sites for hydroxylation is 2. The maximum atomic E-state index is 12.7. The molecular weight excluding hydrogens is 525 g/mol. The predicted molar refractivity (Wildman–Crippen MR) is 130 cm³/mol. The molecule has 11 nitrogen and oxygen atoms in total. The Labute approximate surface area is 223 Å². The average molecular weight is 559 g/mol. The molecule has 0 spiro atoms. The molecule has 0 aliphatic carbocycles. The highest BCUT2D eigenvalue weighted by atomic mass is 19.4. The number of aliphatic carboxylic acids is 1. The van der Waals surface area contributed by atoms with Crippen LogP contribution in [0.4, 0.5) is 13.2 Å². The summed E-state index contributed by atoms with van der Waals surface area (Å²) in [5, 5.41) is 25.1. The first-order chi connectivity index (χ1) is 18.5. The molecule has 3 N–H and O–H groups in total. The van der Waals surface area contributed by atoms with Crippen LogP contribution in [-0.2, 0) is 16.0 Å². The fourth-order valence-corrected chi connectivity index (χ4v) is 4.23. The van der Waals surface area contributed by atoms with E-state index in [9.17, 15) is 23.1 Å². The molecule has 0 saturated carbocycles. The van der Waals surface area contributed by atoms with Gasteiger partial charge in [0.05, 0.1) is 6.04 Å². The summed E-state index contributed by atoms with van der Waals surface area (Å²) in [6.07, 6.45) is -1.08. The fraction of sp³-hybridized carbons (Fsp3) is 0.600. The molecule has 1 saturated heterocycles. The molecule has 2 aliphatic rings. The zero-order chi connectivity index (χ0) is 28.4. The number of fused-ring (bicyclic) bond motifs is 1. The maximum Gasteiger partial charge on any atom is 0.490 e. The topological polar surface area (TPSA) is 147 Å². The van der Waals surface area contributed by atoms with Crippen molar-refractivity contribution in [1.82, 2.24) is 20.4 Å². The number of aliphatic hydroxyl groups excluding tert-OH is 1. The number of hydrogen-bond acceptors (Lipinski definition) is 9. The van der Waals surface area contributed by atoms with E-state index in [-0.39, 0.29) is 5.91 Å². The number of alkyl halides is 3. The zero-order valence-electron chi connectivity index (χ0n) is 21.6. The number of carboxylic acids is 1. The quantitative estimate of drug-likeness (QED) is 0.372. The molecule has 1 aromatic heterocycles. The van der Waals surface area contributed by atoms with Gasteiger partial charge in [-0.05, 0) is 63.4 Å². The Hall–Kier alpha value is -3.39. The van der Waals surface area contributed by atoms with Crippen LogP contribution in [0.5, 0.6) is 11.5 Å². The molecule has 14 heteroatoms. The van der Waals surface area contributed by atoms with Crippen LogP contribution in [0, 0.1) is 6.92 Å². The van der Waals surface area contributed by atoms with E-state index >= 15 is 0 Å². The summed E-state index contributed by atoms with van der Waals surface area (Å²) in [5.74, 6) is -0.279. The van der Waals surface area contributed by atoms with Crippen LogP contribution in [0.2, 0.25) is 0 Å². The Morgan fingerprint density at radius 1 is 1.13 bits per heavy atom. The number of amides is 1. The Bertz CT molecular complexity index is 1090. The maximum absolute atomic E-state index is 12.7. The van der Waals surface area contributed by atoms with Crippen molar-refractivity contribution in [1.29, 1.82) is 0 Å². The van der Waals surface area contributed by atoms with Crippen molar-refractivity contribution in [3.05, 3.63) is 35.5 Å². The molecule has 39 heavy (non-hydrogen) atoms. The number of benzene rings is 1. The van der Waals surface area contributed by atoms with E-state index in [4.69, 9.17) is 23.9 Å². The molecule has 2 aliphatic heterocycles. The Kier molecular flexibility index (Phi) is 10.9. The highest BCUT2D eigenvalue weighted by Crippen LogP contribution is 2.33. The molecule has 4 rings (SSSR count). The fourth-order valence-electron chi connectivity index (χ4n) is 4.23. The highest BCUT2D eigenvalue weighted by Gasteiger charge is 2.38. The summed E-state index contributed by atoms with van der Waals surface area (Å²) >= 11 is 0. The third kappa shape index (κ3) is 9.70. The molecule has 0 bridgehead atoms. The first kappa shape index (κ1) is 30.2. The third-order valence-corrected chi connectivity index (χ3v) is 6.15. The van der Waals surface area contributed by atoms with Gasteiger partial charge in [-0.3, -0.25) is 4.79 Å². The number of rotatable bonds is 10. The van der Waals surface area contributed by atoms with Crippen LogP contribution in [0.3, 0.4) is 0 Å². The predicted octanol–water partition coefficient (Wildman–Crippen LogP) is 2.81. The second-order valence-electron chi connectivity index (χ2n) is 9.28. The minimum atomic E-state index is -5.08. The first-order valence-electron chi connectivity index (χ1n) is 12.7. The van der Waals surface area contributed by atoms with Gasteiger partial charge in [-0.1, -0.05) is 11.2 Å². The second-order valence-corrected chi connectivity index (χ2v) is 9.28. The smallest absolute Gasteiger partial charge is 0.486 e. The summed E-state index contributed by atoms with van der Waals surface area (Å²) < 4.78 is 48.1. The normalized spacial score (nSPS) is 16.6. The summed E-state index contributed by atoms with van der Waals surface area (Å²) in [4.78, 5) is 28.1. The number of halogens is 3. The van der Waals surface area contributed by atoms with E-state index in [2.05, 4.69) is 20.4 Å². The lowest BCUT2D eigenvalue weighted by Gasteiger charge is -2.29. The largest absolute Gasteiger partial charge is 0.490 e. The van der Waals surface area contributed by atoms with E-state index in [0.717, 1.165) is 32.4 Å². The lowest BCUT2D eigenvalue weighted by molar-refractivity contribution is -0.192. The number of carboxylic acid groups (broad SMARTS) is 1. The number of nitrogens with one attached hydrogen (secondary N) is 1. The molecule has 2 atom stereocenters. The Balaban J connectivity index is 0.000000532. The molecule has 1 aromatic carbocycles. The van der Waals surface area contributed by atoms with Crippen LogP contribution in [-0.4, -0.2) is 82.2 Å². The Morgan fingerprint density at radius 3 is 2.41 bits per heavy atom. The van der Waals surface area contributed by atoms with Crippen LogP contribution < -0.4 is 14.8 Å². The lowest BCUT2D eigenvalue weighted by Crippen LogP contribution is -2.46. The van der Waals surface area contributed by atoms with Gasteiger partial charge < -0.3 is 34.4 Å². The van der Waals surface area contributed by atoms with Crippen molar-refractivity contribution >= 4 is 11.9 Å². The van der Waals surface area contributed by atoms with Gasteiger partial charge in [0.15, 0.2) is 17.3 Å². The van der Waals surface area contributed by atoms with Crippen molar-refractivity contribution in [3.8, 4) is 11.5 Å². The van der Waals surface area contributed by atoms with Crippen LogP contribution in [0.25, 0.3) is 0 Å². The van der Waals surface area contributed by atoms with E-state index in [1.807, 2.05) is 18.2 Å². The zero-order valence-corrected chi connectivity index (χ0v) is 21.6. The second kappa shape index (κ2) is 14.1. The minimum Gasteiger partial charge on any atom is -0.486 e. The van der Waals surface area contributed by atoms with Crippen LogP contribution in [0.15, 0.2) is 22.7 Å². The van der Waals surface area contributed by atoms with Gasteiger partial charge in [0.1, 0.15) is 19.3 Å². The van der Waals surface area contributed by atoms with Gasteiger partial charge in [-0.2, -0.15) is 18.2 Å². The van der Waals surface area contributed by atoms with Gasteiger partial charge in [0, 0.05) is 19.4 Å². The minimum absolute atomic E-state index is 0.0625. The number of nitrogens with zero attached hydrogens (tertiary/aromatic N) is 3. The number of aliphatic hydroxyl groups is 1. The van der Waals surface area contributed by atoms with Gasteiger partial charge in [0.25, 0.3) is 0 Å². The standard InChI is InChI=1S/C23H32N4O5.C2HF3O2/c1-16-24-22(32-26-16)7-3-2-6-21(28)25-18(15-27-10-4-5-11-27)23(29)17-8-9-19-20(14-17)31-13-12-30-19;3-2(4,5)1(6)7/h8-9,14,18,23,29H,2-7,10-13,15H2,1H3,(H,25,28);(H,6,7)/t18-,23+;/m0./s1. The van der Waals surface area contributed by atoms with E-state index < -0.39 is 24.3 Å². The summed E-state index contributed by atoms with van der Waals surface area (Å²) in [6, 6.07) is 5.07. The van der Waals surface area contributed by atoms with Crippen molar-refractivity contribution in [2.45, 2.75) is 63.8 Å². The number of unbranched alkanes of at least 4 members (excludes halogenated alkanes) is 1. The van der Waals surface area contributed by atoms with Crippen molar-refractivity contribution in [2.75, 3.05) is 32.8 Å². The lowest BCUT2D eigenvalue weighted by atomic mass is 10.0. The molecule has 216 valence electrons. The van der Waals surface area contributed by atoms with E-state index in [1.165, 1.54) is 0 Å². The molecule has 3 heterocycles. The number of carbonyl (C=O) groups excluding carboxylic acids is 1. The number of likely N-dealkylation sites (tertiary alicyclic amines) is 1. The van der Waals surface area contributed by atoms with Crippen LogP contribution >= 0.6 is 0 Å². The number of hydrogen-bond donors (Lipinski definition) is 3. The van der Waals surface area contributed by atoms with Crippen molar-refractivity contribution in [2.24, 2.45) is 0 Å². The van der Waals surface area contributed by atoms with Crippen molar-refractivity contribution in [3.63, 3.8) is 0 Å². The SMILES string of the molecule is Cc1noc(CCCCC(=O)N[C@@H](CN2CCCC2)[C@H](O)c2ccc3c(c2)OCCO3)n1.O=C(O)C(F)(F)F. The molecule has 1 fully saturated rings. The van der Waals surface area contributed by atoms with Gasteiger partial charge in [0.2, 0.25) is 11.8 Å². The van der Waals surface area contributed by atoms with Gasteiger partial charge >= 0.3 is 12.1 Å².